The predicted octanol–water partition coefficient (Wildman–Crippen LogP) is 1.72. The second kappa shape index (κ2) is 2.81. The summed E-state index contributed by atoms with van der Waals surface area (Å²) in [5.74, 6) is -0.295. The van der Waals surface area contributed by atoms with Crippen LogP contribution in [-0.4, -0.2) is 10.2 Å². The van der Waals surface area contributed by atoms with E-state index in [9.17, 15) is 4.39 Å². The first kappa shape index (κ1) is 8.19. The second-order valence-corrected chi connectivity index (χ2v) is 3.08. The number of benzene rings is 1. The average molecular weight is 179 g/mol. The maximum Gasteiger partial charge on any atom is 0.148 e. The third-order valence-corrected chi connectivity index (χ3v) is 2.09. The van der Waals surface area contributed by atoms with Crippen LogP contribution in [0.1, 0.15) is 18.5 Å². The molecule has 0 aliphatic carbocycles. The molecule has 3 nitrogen and oxygen atoms in total. The predicted molar refractivity (Wildman–Crippen MR) is 48.7 cm³/mol. The number of nitrogens with two attached hydrogens (primary N) is 1. The van der Waals surface area contributed by atoms with E-state index in [1.807, 2.05) is 6.92 Å². The summed E-state index contributed by atoms with van der Waals surface area (Å²) in [6.45, 7) is 1.86. The fraction of sp³-hybridized carbons (Fsp3) is 0.222. The number of aromatic amines is 1. The molecule has 1 unspecified atom stereocenters. The van der Waals surface area contributed by atoms with Crippen LogP contribution in [0.25, 0.3) is 10.9 Å². The molecule has 1 aromatic carbocycles. The molecule has 1 heterocycles. The topological polar surface area (TPSA) is 54.7 Å². The molecule has 3 N–H and O–H groups in total. The van der Waals surface area contributed by atoms with Crippen LogP contribution in [0.5, 0.6) is 0 Å². The summed E-state index contributed by atoms with van der Waals surface area (Å²) >= 11 is 0. The van der Waals surface area contributed by atoms with Crippen LogP contribution in [0.2, 0.25) is 0 Å². The molecule has 0 saturated heterocycles. The summed E-state index contributed by atoms with van der Waals surface area (Å²) in [5.41, 5.74) is 7.06. The Balaban J connectivity index is 2.78. The van der Waals surface area contributed by atoms with Gasteiger partial charge in [-0.25, -0.2) is 4.39 Å². The van der Waals surface area contributed by atoms with Gasteiger partial charge in [0.05, 0.1) is 6.20 Å². The van der Waals surface area contributed by atoms with Gasteiger partial charge in [-0.15, -0.1) is 0 Å². The molecule has 1 atom stereocenters. The summed E-state index contributed by atoms with van der Waals surface area (Å²) in [6.07, 6.45) is 1.59. The fourth-order valence-corrected chi connectivity index (χ4v) is 1.42. The van der Waals surface area contributed by atoms with Gasteiger partial charge in [-0.2, -0.15) is 5.10 Å². The molecule has 13 heavy (non-hydrogen) atoms. The lowest BCUT2D eigenvalue weighted by atomic mass is 10.0. The van der Waals surface area contributed by atoms with Crippen LogP contribution >= 0.6 is 0 Å². The third-order valence-electron chi connectivity index (χ3n) is 2.09. The van der Waals surface area contributed by atoms with E-state index in [4.69, 9.17) is 5.73 Å². The third kappa shape index (κ3) is 1.19. The van der Waals surface area contributed by atoms with Gasteiger partial charge < -0.3 is 5.73 Å². The molecular weight excluding hydrogens is 169 g/mol. The Bertz CT molecular complexity index is 433. The number of nitrogens with one attached hydrogen (secondary N) is 1. The number of hydrogen-bond acceptors (Lipinski definition) is 2. The van der Waals surface area contributed by atoms with Gasteiger partial charge in [-0.05, 0) is 18.6 Å². The van der Waals surface area contributed by atoms with Crippen LogP contribution in [0.4, 0.5) is 4.39 Å². The van der Waals surface area contributed by atoms with E-state index >= 15 is 0 Å². The molecular formula is C9H10FN3. The zero-order valence-electron chi connectivity index (χ0n) is 7.21. The Morgan fingerprint density at radius 2 is 2.31 bits per heavy atom. The Morgan fingerprint density at radius 3 is 3.00 bits per heavy atom. The maximum atomic E-state index is 13.2. The zero-order chi connectivity index (χ0) is 9.42. The quantitative estimate of drug-likeness (QED) is 0.700. The van der Waals surface area contributed by atoms with Gasteiger partial charge in [0.2, 0.25) is 0 Å². The summed E-state index contributed by atoms with van der Waals surface area (Å²) in [6, 6.07) is 2.98. The Hall–Kier alpha value is -1.42. The fourth-order valence-electron chi connectivity index (χ4n) is 1.42. The van der Waals surface area contributed by atoms with Crippen molar-refractivity contribution in [3.63, 3.8) is 0 Å². The molecule has 68 valence electrons. The van der Waals surface area contributed by atoms with Gasteiger partial charge in [0.25, 0.3) is 0 Å². The number of H-pyrrole nitrogens is 1. The normalized spacial score (nSPS) is 13.5. The highest BCUT2D eigenvalue weighted by molar-refractivity contribution is 5.82. The van der Waals surface area contributed by atoms with Gasteiger partial charge in [0.15, 0.2) is 0 Å². The van der Waals surface area contributed by atoms with Crippen molar-refractivity contribution in [2.75, 3.05) is 0 Å². The highest BCUT2D eigenvalue weighted by atomic mass is 19.1. The number of rotatable bonds is 1. The maximum absolute atomic E-state index is 13.2. The number of fused-ring (bicyclic) bond motifs is 1. The van der Waals surface area contributed by atoms with E-state index < -0.39 is 0 Å². The molecule has 0 aliphatic heterocycles. The Labute approximate surface area is 74.7 Å². The van der Waals surface area contributed by atoms with E-state index in [1.54, 1.807) is 12.3 Å². The highest BCUT2D eigenvalue weighted by Gasteiger charge is 2.09. The molecule has 0 radical (unpaired) electrons. The minimum absolute atomic E-state index is 0.110. The lowest BCUT2D eigenvalue weighted by molar-refractivity contribution is 0.635. The van der Waals surface area contributed by atoms with Gasteiger partial charge in [0, 0.05) is 11.4 Å². The summed E-state index contributed by atoms with van der Waals surface area (Å²) in [5, 5.41) is 7.15. The number of halogens is 1. The van der Waals surface area contributed by atoms with Crippen LogP contribution in [0.3, 0.4) is 0 Å². The van der Waals surface area contributed by atoms with Crippen molar-refractivity contribution in [1.82, 2.24) is 10.2 Å². The van der Waals surface area contributed by atoms with Crippen molar-refractivity contribution in [3.05, 3.63) is 29.7 Å². The molecule has 2 rings (SSSR count). The van der Waals surface area contributed by atoms with Gasteiger partial charge in [0.1, 0.15) is 11.3 Å². The highest BCUT2D eigenvalue weighted by Crippen LogP contribution is 2.23. The standard InChI is InChI=1S/C9H10FN3/c1-5(11)6-2-3-8(10)9-7(6)4-12-13-9/h2-5H,11H2,1H3,(H,12,13). The monoisotopic (exact) mass is 179 g/mol. The van der Waals surface area contributed by atoms with Crippen LogP contribution in [0.15, 0.2) is 18.3 Å². The summed E-state index contributed by atoms with van der Waals surface area (Å²) in [7, 11) is 0. The number of nitrogens with zero attached hydrogens (tertiary/aromatic N) is 1. The summed E-state index contributed by atoms with van der Waals surface area (Å²) in [4.78, 5) is 0. The van der Waals surface area contributed by atoms with E-state index in [1.165, 1.54) is 6.07 Å². The van der Waals surface area contributed by atoms with E-state index in [0.29, 0.717) is 5.52 Å². The van der Waals surface area contributed by atoms with Crippen LogP contribution < -0.4 is 5.73 Å². The first-order chi connectivity index (χ1) is 6.20. The number of aromatic nitrogens is 2. The number of hydrogen-bond donors (Lipinski definition) is 2. The van der Waals surface area contributed by atoms with E-state index in [-0.39, 0.29) is 11.9 Å². The van der Waals surface area contributed by atoms with Gasteiger partial charge in [-0.3, -0.25) is 5.10 Å². The largest absolute Gasteiger partial charge is 0.324 e. The Morgan fingerprint density at radius 1 is 1.54 bits per heavy atom. The molecule has 2 aromatic rings. The van der Waals surface area contributed by atoms with E-state index in [2.05, 4.69) is 10.2 Å². The first-order valence-corrected chi connectivity index (χ1v) is 4.07. The molecule has 0 saturated carbocycles. The lowest BCUT2D eigenvalue weighted by Crippen LogP contribution is -2.05. The average Bonchev–Trinajstić information content (AvgIpc) is 2.53. The SMILES string of the molecule is CC(N)c1ccc(F)c2[nH]ncc12. The smallest absolute Gasteiger partial charge is 0.148 e. The molecule has 0 bridgehead atoms. The van der Waals surface area contributed by atoms with Crippen LogP contribution in [-0.2, 0) is 0 Å². The van der Waals surface area contributed by atoms with Crippen molar-refractivity contribution in [2.45, 2.75) is 13.0 Å². The molecule has 0 spiro atoms. The van der Waals surface area contributed by atoms with Gasteiger partial charge >= 0.3 is 0 Å². The van der Waals surface area contributed by atoms with Crippen LogP contribution in [0, 0.1) is 5.82 Å². The molecule has 0 aliphatic rings. The van der Waals surface area contributed by atoms with Crippen molar-refractivity contribution in [1.29, 1.82) is 0 Å². The summed E-state index contributed by atoms with van der Waals surface area (Å²) < 4.78 is 13.2. The van der Waals surface area contributed by atoms with Gasteiger partial charge in [-0.1, -0.05) is 6.07 Å². The van der Waals surface area contributed by atoms with Crippen molar-refractivity contribution in [3.8, 4) is 0 Å². The minimum Gasteiger partial charge on any atom is -0.324 e. The van der Waals surface area contributed by atoms with Crippen molar-refractivity contribution >= 4 is 10.9 Å². The molecule has 4 heteroatoms. The molecule has 0 fully saturated rings. The van der Waals surface area contributed by atoms with Crippen molar-refractivity contribution < 1.29 is 4.39 Å². The van der Waals surface area contributed by atoms with E-state index in [0.717, 1.165) is 10.9 Å². The Kier molecular flexibility index (Phi) is 1.77. The van der Waals surface area contributed by atoms with Crippen molar-refractivity contribution in [2.24, 2.45) is 5.73 Å². The molecule has 0 amide bonds. The second-order valence-electron chi connectivity index (χ2n) is 3.08. The zero-order valence-corrected chi connectivity index (χ0v) is 7.21. The molecule has 1 aromatic heterocycles. The minimum atomic E-state index is -0.295. The first-order valence-electron chi connectivity index (χ1n) is 4.07. The lowest BCUT2D eigenvalue weighted by Gasteiger charge is -2.06.